The predicted octanol–water partition coefficient (Wildman–Crippen LogP) is 2.23. The number of benzene rings is 1. The summed E-state index contributed by atoms with van der Waals surface area (Å²) in [5.74, 6) is 0. The van der Waals surface area contributed by atoms with Gasteiger partial charge in [-0.25, -0.2) is 9.78 Å². The van der Waals surface area contributed by atoms with Gasteiger partial charge in [0.2, 0.25) is 0 Å². The number of thiazole rings is 1. The molecule has 1 aromatic carbocycles. The maximum atomic E-state index is 11.9. The average molecular weight is 333 g/mol. The Labute approximate surface area is 140 Å². The zero-order valence-corrected chi connectivity index (χ0v) is 14.1. The van der Waals surface area contributed by atoms with E-state index in [1.165, 1.54) is 0 Å². The van der Waals surface area contributed by atoms with Crippen molar-refractivity contribution in [2.75, 3.05) is 19.7 Å². The zero-order valence-electron chi connectivity index (χ0n) is 13.3. The summed E-state index contributed by atoms with van der Waals surface area (Å²) in [5.41, 5.74) is 3.54. The van der Waals surface area contributed by atoms with Gasteiger partial charge in [-0.2, -0.15) is 0 Å². The van der Waals surface area contributed by atoms with Gasteiger partial charge in [0, 0.05) is 30.3 Å². The number of urea groups is 1. The molecule has 0 aliphatic rings. The van der Waals surface area contributed by atoms with E-state index in [4.69, 9.17) is 0 Å². The largest absolute Gasteiger partial charge is 0.396 e. The quantitative estimate of drug-likeness (QED) is 0.693. The molecule has 1 heterocycles. The third-order valence-electron chi connectivity index (χ3n) is 3.68. The van der Waals surface area contributed by atoms with Gasteiger partial charge < -0.3 is 15.7 Å². The second-order valence-electron chi connectivity index (χ2n) is 5.97. The molecule has 2 rings (SSSR count). The van der Waals surface area contributed by atoms with E-state index in [2.05, 4.69) is 15.6 Å². The summed E-state index contributed by atoms with van der Waals surface area (Å²) in [6.45, 7) is 2.95. The van der Waals surface area contributed by atoms with Gasteiger partial charge in [-0.05, 0) is 12.0 Å². The van der Waals surface area contributed by atoms with Crippen molar-refractivity contribution in [2.45, 2.75) is 19.8 Å². The van der Waals surface area contributed by atoms with Gasteiger partial charge >= 0.3 is 6.03 Å². The Morgan fingerprint density at radius 2 is 2.09 bits per heavy atom. The minimum Gasteiger partial charge on any atom is -0.396 e. The number of carbonyl (C=O) groups excluding carboxylic acids is 1. The van der Waals surface area contributed by atoms with E-state index in [0.29, 0.717) is 19.5 Å². The van der Waals surface area contributed by atoms with Crippen molar-refractivity contribution in [1.82, 2.24) is 15.6 Å². The number of aliphatic hydroxyl groups excluding tert-OH is 1. The number of aromatic nitrogens is 1. The highest BCUT2D eigenvalue weighted by Gasteiger charge is 2.24. The molecule has 6 heteroatoms. The van der Waals surface area contributed by atoms with Crippen LogP contribution in [0, 0.1) is 5.41 Å². The lowest BCUT2D eigenvalue weighted by Gasteiger charge is -2.27. The molecule has 3 N–H and O–H groups in total. The van der Waals surface area contributed by atoms with E-state index in [1.807, 2.05) is 42.6 Å². The molecule has 0 unspecified atom stereocenters. The van der Waals surface area contributed by atoms with Crippen LogP contribution in [0.4, 0.5) is 4.79 Å². The lowest BCUT2D eigenvalue weighted by molar-refractivity contribution is 0.140. The van der Waals surface area contributed by atoms with Crippen LogP contribution in [-0.2, 0) is 12.8 Å². The summed E-state index contributed by atoms with van der Waals surface area (Å²) in [4.78, 5) is 16.0. The van der Waals surface area contributed by atoms with Crippen molar-refractivity contribution < 1.29 is 9.90 Å². The lowest BCUT2D eigenvalue weighted by Crippen LogP contribution is -2.44. The summed E-state index contributed by atoms with van der Waals surface area (Å²) < 4.78 is 0. The van der Waals surface area contributed by atoms with Gasteiger partial charge in [0.05, 0.1) is 17.8 Å². The molecule has 0 bridgehead atoms. The van der Waals surface area contributed by atoms with Crippen LogP contribution >= 0.6 is 11.3 Å². The van der Waals surface area contributed by atoms with Crippen LogP contribution in [0.1, 0.15) is 18.2 Å². The molecular weight excluding hydrogens is 310 g/mol. The fraction of sp³-hybridized carbons (Fsp3) is 0.412. The number of rotatable bonds is 8. The van der Waals surface area contributed by atoms with Gasteiger partial charge in [0.1, 0.15) is 0 Å². The van der Waals surface area contributed by atoms with Crippen molar-refractivity contribution in [3.63, 3.8) is 0 Å². The Bertz CT molecular complexity index is 589. The highest BCUT2D eigenvalue weighted by Crippen LogP contribution is 2.21. The molecule has 0 saturated carbocycles. The molecule has 1 aromatic heterocycles. The minimum atomic E-state index is -0.381. The Kier molecular flexibility index (Phi) is 6.55. The number of carbonyl (C=O) groups is 1. The molecule has 0 aliphatic heterocycles. The predicted molar refractivity (Wildman–Crippen MR) is 92.6 cm³/mol. The smallest absolute Gasteiger partial charge is 0.314 e. The molecule has 2 amide bonds. The van der Waals surface area contributed by atoms with E-state index >= 15 is 0 Å². The number of amides is 2. The number of aliphatic hydroxyl groups is 1. The van der Waals surface area contributed by atoms with Crippen LogP contribution in [0.5, 0.6) is 0 Å². The molecular formula is C17H23N3O2S. The molecule has 0 fully saturated rings. The monoisotopic (exact) mass is 333 g/mol. The van der Waals surface area contributed by atoms with Gasteiger partial charge in [-0.15, -0.1) is 11.3 Å². The van der Waals surface area contributed by atoms with Crippen LogP contribution in [-0.4, -0.2) is 35.8 Å². The van der Waals surface area contributed by atoms with Gasteiger partial charge in [0.15, 0.2) is 0 Å². The second kappa shape index (κ2) is 8.64. The fourth-order valence-corrected chi connectivity index (χ4v) is 2.88. The third-order valence-corrected chi connectivity index (χ3v) is 4.32. The van der Waals surface area contributed by atoms with Crippen LogP contribution in [0.2, 0.25) is 0 Å². The molecule has 1 atom stereocenters. The van der Waals surface area contributed by atoms with Gasteiger partial charge in [-0.3, -0.25) is 0 Å². The number of hydrogen-bond donors (Lipinski definition) is 3. The summed E-state index contributed by atoms with van der Waals surface area (Å²) >= 11 is 1.55. The van der Waals surface area contributed by atoms with Gasteiger partial charge in [-0.1, -0.05) is 37.3 Å². The van der Waals surface area contributed by atoms with Gasteiger partial charge in [0.25, 0.3) is 0 Å². The van der Waals surface area contributed by atoms with E-state index < -0.39 is 0 Å². The lowest BCUT2D eigenvalue weighted by atomic mass is 9.84. The zero-order chi connectivity index (χ0) is 16.5. The van der Waals surface area contributed by atoms with E-state index in [1.54, 1.807) is 16.8 Å². The van der Waals surface area contributed by atoms with Crippen molar-refractivity contribution >= 4 is 17.4 Å². The first-order valence-corrected chi connectivity index (χ1v) is 8.59. The van der Waals surface area contributed by atoms with E-state index in [9.17, 15) is 9.90 Å². The third kappa shape index (κ3) is 6.00. The molecule has 124 valence electrons. The topological polar surface area (TPSA) is 74.2 Å². The van der Waals surface area contributed by atoms with Crippen molar-refractivity contribution in [3.05, 3.63) is 52.5 Å². The first-order valence-electron chi connectivity index (χ1n) is 7.65. The number of hydrogen-bond acceptors (Lipinski definition) is 4. The first kappa shape index (κ1) is 17.4. The number of nitrogens with zero attached hydrogens (tertiary/aromatic N) is 1. The maximum Gasteiger partial charge on any atom is 0.314 e. The summed E-state index contributed by atoms with van der Waals surface area (Å²) in [5, 5.41) is 17.3. The maximum absolute atomic E-state index is 11.9. The molecule has 0 spiro atoms. The summed E-state index contributed by atoms with van der Waals surface area (Å²) in [6, 6.07) is 9.77. The van der Waals surface area contributed by atoms with E-state index in [0.717, 1.165) is 17.7 Å². The Hall–Kier alpha value is -1.92. The fourth-order valence-electron chi connectivity index (χ4n) is 2.28. The highest BCUT2D eigenvalue weighted by molar-refractivity contribution is 7.07. The van der Waals surface area contributed by atoms with Crippen LogP contribution in [0.25, 0.3) is 0 Å². The molecule has 5 nitrogen and oxygen atoms in total. The first-order chi connectivity index (χ1) is 11.1. The normalized spacial score (nSPS) is 13.3. The molecule has 2 aromatic rings. The summed E-state index contributed by atoms with van der Waals surface area (Å²) in [6.07, 6.45) is 1.43. The molecule has 0 saturated heterocycles. The Morgan fingerprint density at radius 3 is 2.74 bits per heavy atom. The van der Waals surface area contributed by atoms with Crippen LogP contribution in [0.15, 0.2) is 41.2 Å². The summed E-state index contributed by atoms with van der Waals surface area (Å²) in [7, 11) is 0. The van der Waals surface area contributed by atoms with Crippen LogP contribution in [0.3, 0.4) is 0 Å². The van der Waals surface area contributed by atoms with E-state index in [-0.39, 0.29) is 18.1 Å². The average Bonchev–Trinajstić information content (AvgIpc) is 3.07. The van der Waals surface area contributed by atoms with Crippen molar-refractivity contribution in [1.29, 1.82) is 0 Å². The molecule has 0 radical (unpaired) electrons. The SMILES string of the molecule is C[C@](CO)(CNC(=O)NCCc1cscn1)Cc1ccccc1. The van der Waals surface area contributed by atoms with Crippen molar-refractivity contribution in [3.8, 4) is 0 Å². The minimum absolute atomic E-state index is 0.0149. The second-order valence-corrected chi connectivity index (χ2v) is 6.69. The van der Waals surface area contributed by atoms with Crippen molar-refractivity contribution in [2.24, 2.45) is 5.41 Å². The van der Waals surface area contributed by atoms with Crippen LogP contribution < -0.4 is 10.6 Å². The Morgan fingerprint density at radius 1 is 1.30 bits per heavy atom. The Balaban J connectivity index is 1.74. The molecule has 0 aliphatic carbocycles. The number of nitrogens with one attached hydrogen (secondary N) is 2. The highest BCUT2D eigenvalue weighted by atomic mass is 32.1. The standard InChI is InChI=1S/C17H23N3O2S/c1-17(12-21,9-14-5-3-2-4-6-14)11-19-16(22)18-8-7-15-10-23-13-20-15/h2-6,10,13,21H,7-9,11-12H2,1H3,(H2,18,19,22)/t17-/m1/s1. The molecule has 23 heavy (non-hydrogen) atoms.